The fourth-order valence-corrected chi connectivity index (χ4v) is 3.72. The maximum atomic E-state index is 12.7. The van der Waals surface area contributed by atoms with E-state index >= 15 is 0 Å². The summed E-state index contributed by atoms with van der Waals surface area (Å²) in [4.78, 5) is 33.9. The molecule has 6 heteroatoms. The van der Waals surface area contributed by atoms with Crippen LogP contribution in [-0.2, 0) is 9.59 Å². The van der Waals surface area contributed by atoms with Gasteiger partial charge < -0.3 is 15.2 Å². The molecule has 6 nitrogen and oxygen atoms in total. The molecular weight excluding hydrogens is 352 g/mol. The van der Waals surface area contributed by atoms with Gasteiger partial charge in [-0.2, -0.15) is 0 Å². The van der Waals surface area contributed by atoms with E-state index in [0.29, 0.717) is 18.7 Å². The summed E-state index contributed by atoms with van der Waals surface area (Å²) >= 11 is 0. The standard InChI is InChI=1S/C22H22N4O2/c1-3-20(27)26-9-5-8-19(26)22(28)25-17-7-4-6-15(10-17)16-11-18-14(2)12-23-21(18)24-13-16/h3-4,6-7,10-13,19H,1,5,8-9H2,2H3,(H,23,24)(H,25,28). The third kappa shape index (κ3) is 3.29. The average Bonchev–Trinajstić information content (AvgIpc) is 3.35. The van der Waals surface area contributed by atoms with E-state index in [2.05, 4.69) is 27.9 Å². The summed E-state index contributed by atoms with van der Waals surface area (Å²) in [5.41, 5.74) is 4.65. The maximum Gasteiger partial charge on any atom is 0.247 e. The average molecular weight is 374 g/mol. The van der Waals surface area contributed by atoms with E-state index in [1.807, 2.05) is 43.6 Å². The Kier molecular flexibility index (Phi) is 4.69. The monoisotopic (exact) mass is 374 g/mol. The van der Waals surface area contributed by atoms with Gasteiger partial charge in [-0.25, -0.2) is 4.98 Å². The summed E-state index contributed by atoms with van der Waals surface area (Å²) in [6, 6.07) is 9.32. The Balaban J connectivity index is 1.56. The van der Waals surface area contributed by atoms with Gasteiger partial charge in [0.05, 0.1) is 0 Å². The highest BCUT2D eigenvalue weighted by Gasteiger charge is 2.32. The Bertz CT molecular complexity index is 1070. The largest absolute Gasteiger partial charge is 0.346 e. The molecule has 0 radical (unpaired) electrons. The smallest absolute Gasteiger partial charge is 0.247 e. The molecule has 2 N–H and O–H groups in total. The second-order valence-corrected chi connectivity index (χ2v) is 7.06. The lowest BCUT2D eigenvalue weighted by molar-refractivity contribution is -0.132. The number of aromatic amines is 1. The zero-order valence-electron chi connectivity index (χ0n) is 15.7. The van der Waals surface area contributed by atoms with E-state index in [9.17, 15) is 9.59 Å². The number of nitrogens with one attached hydrogen (secondary N) is 2. The summed E-state index contributed by atoms with van der Waals surface area (Å²) in [6.45, 7) is 6.15. The first kappa shape index (κ1) is 18.0. The molecule has 1 aliphatic heterocycles. The molecule has 4 rings (SSSR count). The molecule has 3 aromatic rings. The molecular formula is C22H22N4O2. The van der Waals surface area contributed by atoms with Crippen LogP contribution in [-0.4, -0.2) is 39.3 Å². The number of rotatable bonds is 4. The van der Waals surface area contributed by atoms with E-state index < -0.39 is 6.04 Å². The summed E-state index contributed by atoms with van der Waals surface area (Å²) in [6.07, 6.45) is 6.51. The van der Waals surface area contributed by atoms with Crippen LogP contribution in [0.25, 0.3) is 22.2 Å². The van der Waals surface area contributed by atoms with Crippen molar-refractivity contribution in [2.45, 2.75) is 25.8 Å². The maximum absolute atomic E-state index is 12.7. The van der Waals surface area contributed by atoms with Gasteiger partial charge in [-0.05, 0) is 55.2 Å². The van der Waals surface area contributed by atoms with Gasteiger partial charge in [0, 0.05) is 35.6 Å². The number of carbonyl (C=O) groups is 2. The first-order valence-corrected chi connectivity index (χ1v) is 9.35. The molecule has 2 amide bonds. The number of hydrogen-bond donors (Lipinski definition) is 2. The number of benzene rings is 1. The van der Waals surface area contributed by atoms with Crippen LogP contribution in [0.1, 0.15) is 18.4 Å². The molecule has 1 saturated heterocycles. The Labute approximate surface area is 163 Å². The van der Waals surface area contributed by atoms with Crippen molar-refractivity contribution in [3.05, 3.63) is 60.9 Å². The molecule has 1 atom stereocenters. The van der Waals surface area contributed by atoms with Gasteiger partial charge >= 0.3 is 0 Å². The Morgan fingerprint density at radius 2 is 2.18 bits per heavy atom. The number of H-pyrrole nitrogens is 1. The SMILES string of the molecule is C=CC(=O)N1CCCC1C(=O)Nc1cccc(-c2cnc3[nH]cc(C)c3c2)c1. The van der Waals surface area contributed by atoms with Crippen molar-refractivity contribution in [2.75, 3.05) is 11.9 Å². The number of aryl methyl sites for hydroxylation is 1. The van der Waals surface area contributed by atoms with Gasteiger partial charge in [0.1, 0.15) is 11.7 Å². The minimum absolute atomic E-state index is 0.167. The van der Waals surface area contributed by atoms with Crippen LogP contribution < -0.4 is 5.32 Å². The number of carbonyl (C=O) groups excluding carboxylic acids is 2. The molecule has 2 aromatic heterocycles. The van der Waals surface area contributed by atoms with E-state index in [1.165, 1.54) is 6.08 Å². The van der Waals surface area contributed by atoms with Crippen LogP contribution in [0.5, 0.6) is 0 Å². The Hall–Kier alpha value is -3.41. The number of fused-ring (bicyclic) bond motifs is 1. The van der Waals surface area contributed by atoms with E-state index in [-0.39, 0.29) is 11.8 Å². The van der Waals surface area contributed by atoms with Gasteiger partial charge in [-0.1, -0.05) is 18.7 Å². The van der Waals surface area contributed by atoms with Gasteiger partial charge in [-0.3, -0.25) is 9.59 Å². The molecule has 3 heterocycles. The fourth-order valence-electron chi connectivity index (χ4n) is 3.72. The van der Waals surface area contributed by atoms with Crippen molar-refractivity contribution in [1.29, 1.82) is 0 Å². The van der Waals surface area contributed by atoms with Crippen LogP contribution in [0, 0.1) is 6.92 Å². The molecule has 142 valence electrons. The molecule has 0 aliphatic carbocycles. The number of amides is 2. The van der Waals surface area contributed by atoms with E-state index in [0.717, 1.165) is 34.1 Å². The molecule has 0 spiro atoms. The minimum atomic E-state index is -0.449. The molecule has 1 unspecified atom stereocenters. The number of anilines is 1. The van der Waals surface area contributed by atoms with Crippen molar-refractivity contribution >= 4 is 28.5 Å². The summed E-state index contributed by atoms with van der Waals surface area (Å²) in [5, 5.41) is 4.03. The van der Waals surface area contributed by atoms with Crippen molar-refractivity contribution in [1.82, 2.24) is 14.9 Å². The minimum Gasteiger partial charge on any atom is -0.346 e. The highest BCUT2D eigenvalue weighted by atomic mass is 16.2. The number of nitrogens with zero attached hydrogens (tertiary/aromatic N) is 2. The van der Waals surface area contributed by atoms with Crippen LogP contribution in [0.3, 0.4) is 0 Å². The summed E-state index contributed by atoms with van der Waals surface area (Å²) in [7, 11) is 0. The predicted molar refractivity (Wildman–Crippen MR) is 110 cm³/mol. The van der Waals surface area contributed by atoms with Crippen molar-refractivity contribution < 1.29 is 9.59 Å². The highest BCUT2D eigenvalue weighted by Crippen LogP contribution is 2.27. The highest BCUT2D eigenvalue weighted by molar-refractivity contribution is 5.99. The second kappa shape index (κ2) is 7.31. The van der Waals surface area contributed by atoms with Crippen LogP contribution >= 0.6 is 0 Å². The van der Waals surface area contributed by atoms with Crippen molar-refractivity contribution in [3.63, 3.8) is 0 Å². The molecule has 0 saturated carbocycles. The number of aromatic nitrogens is 2. The lowest BCUT2D eigenvalue weighted by Gasteiger charge is -2.22. The topological polar surface area (TPSA) is 78.1 Å². The zero-order valence-corrected chi connectivity index (χ0v) is 15.7. The second-order valence-electron chi connectivity index (χ2n) is 7.06. The number of pyridine rings is 1. The predicted octanol–water partition coefficient (Wildman–Crippen LogP) is 3.65. The summed E-state index contributed by atoms with van der Waals surface area (Å²) < 4.78 is 0. The quantitative estimate of drug-likeness (QED) is 0.684. The first-order valence-electron chi connectivity index (χ1n) is 9.35. The molecule has 1 aromatic carbocycles. The molecule has 1 aliphatic rings. The lowest BCUT2D eigenvalue weighted by atomic mass is 10.0. The third-order valence-corrected chi connectivity index (χ3v) is 5.21. The van der Waals surface area contributed by atoms with Crippen LogP contribution in [0.2, 0.25) is 0 Å². The van der Waals surface area contributed by atoms with Gasteiger partial charge in [-0.15, -0.1) is 0 Å². The Morgan fingerprint density at radius 3 is 3.00 bits per heavy atom. The normalized spacial score (nSPS) is 16.3. The van der Waals surface area contributed by atoms with Crippen LogP contribution in [0.4, 0.5) is 5.69 Å². The van der Waals surface area contributed by atoms with Crippen molar-refractivity contribution in [2.24, 2.45) is 0 Å². The third-order valence-electron chi connectivity index (χ3n) is 5.21. The zero-order chi connectivity index (χ0) is 19.7. The number of likely N-dealkylation sites (tertiary alicyclic amines) is 1. The molecule has 0 bridgehead atoms. The fraction of sp³-hybridized carbons (Fsp3) is 0.227. The lowest BCUT2D eigenvalue weighted by Crippen LogP contribution is -2.42. The van der Waals surface area contributed by atoms with Gasteiger partial charge in [0.15, 0.2) is 0 Å². The van der Waals surface area contributed by atoms with Gasteiger partial charge in [0.25, 0.3) is 0 Å². The Morgan fingerprint density at radius 1 is 1.32 bits per heavy atom. The number of hydrogen-bond acceptors (Lipinski definition) is 3. The first-order chi connectivity index (χ1) is 13.6. The van der Waals surface area contributed by atoms with E-state index in [1.54, 1.807) is 4.90 Å². The van der Waals surface area contributed by atoms with Crippen molar-refractivity contribution in [3.8, 4) is 11.1 Å². The summed E-state index contributed by atoms with van der Waals surface area (Å²) in [5.74, 6) is -0.368. The molecule has 1 fully saturated rings. The molecule has 28 heavy (non-hydrogen) atoms. The van der Waals surface area contributed by atoms with E-state index in [4.69, 9.17) is 0 Å². The van der Waals surface area contributed by atoms with Gasteiger partial charge in [0.2, 0.25) is 11.8 Å². The van der Waals surface area contributed by atoms with Crippen LogP contribution in [0.15, 0.2) is 55.4 Å².